The summed E-state index contributed by atoms with van der Waals surface area (Å²) in [4.78, 5) is 13.3. The first-order valence-electron chi connectivity index (χ1n) is 8.47. The van der Waals surface area contributed by atoms with E-state index in [4.69, 9.17) is 4.42 Å². The second kappa shape index (κ2) is 7.98. The number of ketones is 1. The van der Waals surface area contributed by atoms with Crippen LogP contribution >= 0.6 is 31.9 Å². The molecule has 0 aliphatic rings. The lowest BCUT2D eigenvalue weighted by Gasteiger charge is -2.06. The number of sulfonamides is 1. The minimum Gasteiger partial charge on any atom is -0.506 e. The summed E-state index contributed by atoms with van der Waals surface area (Å²) in [7, 11) is -3.64. The van der Waals surface area contributed by atoms with Crippen LogP contribution in [0.25, 0.3) is 11.0 Å². The number of hydrogen-bond donors (Lipinski definition) is 2. The monoisotopic (exact) mass is 529 g/mol. The van der Waals surface area contributed by atoms with Crippen LogP contribution in [0.15, 0.2) is 48.6 Å². The van der Waals surface area contributed by atoms with Gasteiger partial charge in [-0.2, -0.15) is 0 Å². The Morgan fingerprint density at radius 2 is 1.79 bits per heavy atom. The van der Waals surface area contributed by atoms with E-state index in [-0.39, 0.29) is 23.0 Å². The standard InChI is InChI=1S/C19H17Br2NO5S/c1-3-15-17(18(23)10-7-13(20)19(24)14(21)8-10)12-6-5-11(9-16(12)27-15)28(25,26)22-4-2/h5-9,22,24H,3-4H2,1-2H3. The Bertz CT molecular complexity index is 1160. The van der Waals surface area contributed by atoms with Crippen molar-refractivity contribution < 1.29 is 22.7 Å². The van der Waals surface area contributed by atoms with E-state index in [1.165, 1.54) is 24.3 Å². The van der Waals surface area contributed by atoms with Gasteiger partial charge in [-0.3, -0.25) is 4.79 Å². The summed E-state index contributed by atoms with van der Waals surface area (Å²) in [5.41, 5.74) is 1.07. The molecule has 3 rings (SSSR count). The summed E-state index contributed by atoms with van der Waals surface area (Å²) in [6.07, 6.45) is 0.464. The molecule has 0 saturated heterocycles. The highest BCUT2D eigenvalue weighted by Crippen LogP contribution is 2.36. The van der Waals surface area contributed by atoms with Crippen molar-refractivity contribution in [2.45, 2.75) is 25.2 Å². The Labute approximate surface area is 179 Å². The molecule has 0 fully saturated rings. The summed E-state index contributed by atoms with van der Waals surface area (Å²) in [5.74, 6) is 0.195. The number of aryl methyl sites for hydroxylation is 1. The van der Waals surface area contributed by atoms with Gasteiger partial charge in [-0.15, -0.1) is 0 Å². The molecule has 0 atom stereocenters. The van der Waals surface area contributed by atoms with Gasteiger partial charge in [-0.05, 0) is 56.1 Å². The van der Waals surface area contributed by atoms with Gasteiger partial charge in [0.05, 0.1) is 19.4 Å². The van der Waals surface area contributed by atoms with Crippen molar-refractivity contribution in [3.63, 3.8) is 0 Å². The highest BCUT2D eigenvalue weighted by Gasteiger charge is 2.24. The highest BCUT2D eigenvalue weighted by atomic mass is 79.9. The van der Waals surface area contributed by atoms with Crippen LogP contribution in [-0.4, -0.2) is 25.9 Å². The molecule has 0 aliphatic carbocycles. The smallest absolute Gasteiger partial charge is 0.240 e. The number of aromatic hydroxyl groups is 1. The third kappa shape index (κ3) is 3.76. The average Bonchev–Trinajstić information content (AvgIpc) is 3.02. The third-order valence-corrected chi connectivity index (χ3v) is 6.96. The molecule has 0 radical (unpaired) electrons. The molecule has 3 aromatic rings. The van der Waals surface area contributed by atoms with Gasteiger partial charge < -0.3 is 9.52 Å². The third-order valence-electron chi connectivity index (χ3n) is 4.21. The van der Waals surface area contributed by atoms with Gasteiger partial charge in [0.2, 0.25) is 10.0 Å². The molecule has 0 bridgehead atoms. The minimum atomic E-state index is -3.64. The lowest BCUT2D eigenvalue weighted by atomic mass is 9.99. The van der Waals surface area contributed by atoms with Gasteiger partial charge in [0.15, 0.2) is 5.78 Å². The van der Waals surface area contributed by atoms with Crippen LogP contribution in [0.3, 0.4) is 0 Å². The minimum absolute atomic E-state index is 0.00240. The maximum absolute atomic E-state index is 13.2. The van der Waals surface area contributed by atoms with Crippen molar-refractivity contribution in [3.05, 3.63) is 56.2 Å². The first-order chi connectivity index (χ1) is 13.2. The highest BCUT2D eigenvalue weighted by molar-refractivity contribution is 9.11. The van der Waals surface area contributed by atoms with Crippen molar-refractivity contribution in [2.75, 3.05) is 6.54 Å². The Morgan fingerprint density at radius 1 is 1.14 bits per heavy atom. The summed E-state index contributed by atoms with van der Waals surface area (Å²) in [6, 6.07) is 7.52. The predicted molar refractivity (Wildman–Crippen MR) is 113 cm³/mol. The zero-order chi connectivity index (χ0) is 20.6. The normalized spacial score (nSPS) is 11.9. The van der Waals surface area contributed by atoms with Crippen LogP contribution in [0.5, 0.6) is 5.75 Å². The number of benzene rings is 2. The largest absolute Gasteiger partial charge is 0.506 e. The van der Waals surface area contributed by atoms with Crippen molar-refractivity contribution in [1.82, 2.24) is 4.72 Å². The topological polar surface area (TPSA) is 96.6 Å². The SMILES string of the molecule is CCNS(=O)(=O)c1ccc2c(C(=O)c3cc(Br)c(O)c(Br)c3)c(CC)oc2c1. The van der Waals surface area contributed by atoms with Crippen LogP contribution in [0.2, 0.25) is 0 Å². The molecular formula is C19H17Br2NO5S. The van der Waals surface area contributed by atoms with E-state index in [9.17, 15) is 18.3 Å². The van der Waals surface area contributed by atoms with E-state index in [0.29, 0.717) is 43.2 Å². The Balaban J connectivity index is 2.17. The fraction of sp³-hybridized carbons (Fsp3) is 0.211. The second-order valence-electron chi connectivity index (χ2n) is 6.03. The lowest BCUT2D eigenvalue weighted by Crippen LogP contribution is -2.22. The molecule has 0 amide bonds. The van der Waals surface area contributed by atoms with Crippen molar-refractivity contribution in [1.29, 1.82) is 0 Å². The number of hydrogen-bond acceptors (Lipinski definition) is 5. The van der Waals surface area contributed by atoms with Crippen LogP contribution in [0.1, 0.15) is 35.5 Å². The van der Waals surface area contributed by atoms with Gasteiger partial charge in [-0.25, -0.2) is 13.1 Å². The molecule has 0 spiro atoms. The molecule has 0 unspecified atom stereocenters. The molecule has 0 aliphatic heterocycles. The van der Waals surface area contributed by atoms with Crippen LogP contribution in [0, 0.1) is 0 Å². The molecule has 2 N–H and O–H groups in total. The van der Waals surface area contributed by atoms with Gasteiger partial charge in [0, 0.05) is 30.0 Å². The number of rotatable bonds is 6. The number of phenolic OH excluding ortho intramolecular Hbond substituents is 1. The maximum atomic E-state index is 13.2. The Hall–Kier alpha value is -1.68. The van der Waals surface area contributed by atoms with E-state index < -0.39 is 10.0 Å². The van der Waals surface area contributed by atoms with Gasteiger partial charge >= 0.3 is 0 Å². The van der Waals surface area contributed by atoms with Crippen LogP contribution < -0.4 is 4.72 Å². The molecule has 1 heterocycles. The number of furan rings is 1. The molecule has 2 aromatic carbocycles. The van der Waals surface area contributed by atoms with Gasteiger partial charge in [0.25, 0.3) is 0 Å². The van der Waals surface area contributed by atoms with E-state index in [1.807, 2.05) is 6.92 Å². The molecular weight excluding hydrogens is 514 g/mol. The van der Waals surface area contributed by atoms with Crippen LogP contribution in [0.4, 0.5) is 0 Å². The maximum Gasteiger partial charge on any atom is 0.240 e. The predicted octanol–water partition coefficient (Wildman–Crippen LogP) is 4.76. The second-order valence-corrected chi connectivity index (χ2v) is 9.51. The molecule has 148 valence electrons. The molecule has 0 saturated carbocycles. The fourth-order valence-corrected chi connectivity index (χ4v) is 5.15. The zero-order valence-electron chi connectivity index (χ0n) is 15.0. The Morgan fingerprint density at radius 3 is 2.36 bits per heavy atom. The number of fused-ring (bicyclic) bond motifs is 1. The van der Waals surface area contributed by atoms with Gasteiger partial charge in [-0.1, -0.05) is 13.8 Å². The Kier molecular flexibility index (Phi) is 6.00. The average molecular weight is 531 g/mol. The summed E-state index contributed by atoms with van der Waals surface area (Å²) in [5, 5.41) is 10.4. The molecule has 6 nitrogen and oxygen atoms in total. The van der Waals surface area contributed by atoms with E-state index >= 15 is 0 Å². The van der Waals surface area contributed by atoms with Crippen molar-refractivity contribution >= 4 is 58.6 Å². The van der Waals surface area contributed by atoms with Crippen molar-refractivity contribution in [3.8, 4) is 5.75 Å². The number of carbonyl (C=O) groups is 1. The fourth-order valence-electron chi connectivity index (χ4n) is 2.91. The molecule has 1 aromatic heterocycles. The van der Waals surface area contributed by atoms with Crippen molar-refractivity contribution in [2.24, 2.45) is 0 Å². The van der Waals surface area contributed by atoms with E-state index in [2.05, 4.69) is 36.6 Å². The first-order valence-corrected chi connectivity index (χ1v) is 11.5. The number of halogens is 2. The number of carbonyl (C=O) groups excluding carboxylic acids is 1. The quantitative estimate of drug-likeness (QED) is 0.448. The van der Waals surface area contributed by atoms with Crippen LogP contribution in [-0.2, 0) is 16.4 Å². The summed E-state index contributed by atoms with van der Waals surface area (Å²) >= 11 is 6.46. The zero-order valence-corrected chi connectivity index (χ0v) is 19.0. The summed E-state index contributed by atoms with van der Waals surface area (Å²) in [6.45, 7) is 3.82. The van der Waals surface area contributed by atoms with E-state index in [1.54, 1.807) is 13.0 Å². The summed E-state index contributed by atoms with van der Waals surface area (Å²) < 4.78 is 33.5. The number of phenols is 1. The number of nitrogens with one attached hydrogen (secondary N) is 1. The van der Waals surface area contributed by atoms with E-state index in [0.717, 1.165) is 0 Å². The first kappa shape index (κ1) is 21.0. The molecule has 9 heteroatoms. The molecule has 28 heavy (non-hydrogen) atoms. The lowest BCUT2D eigenvalue weighted by molar-refractivity contribution is 0.103. The van der Waals surface area contributed by atoms with Gasteiger partial charge in [0.1, 0.15) is 17.1 Å².